The summed E-state index contributed by atoms with van der Waals surface area (Å²) in [6.45, 7) is 6.89. The Balaban J connectivity index is 2.57. The second kappa shape index (κ2) is 5.12. The topological polar surface area (TPSA) is 31.4 Å². The van der Waals surface area contributed by atoms with Gasteiger partial charge in [-0.3, -0.25) is 0 Å². The molecule has 3 heteroatoms. The van der Waals surface area contributed by atoms with Crippen LogP contribution in [0.4, 0.5) is 0 Å². The zero-order chi connectivity index (χ0) is 11.3. The fourth-order valence-electron chi connectivity index (χ4n) is 1.03. The second-order valence-corrected chi connectivity index (χ2v) is 4.11. The highest BCUT2D eigenvalue weighted by molar-refractivity contribution is 5.19. The van der Waals surface area contributed by atoms with Crippen LogP contribution in [0.1, 0.15) is 32.8 Å². The van der Waals surface area contributed by atoms with Crippen molar-refractivity contribution in [3.05, 3.63) is 23.9 Å². The summed E-state index contributed by atoms with van der Waals surface area (Å²) in [6.07, 6.45) is 2.73. The lowest BCUT2D eigenvalue weighted by molar-refractivity contribution is -0.0317. The molecule has 0 radical (unpaired) electrons. The number of aromatic nitrogens is 1. The molecule has 0 aromatic carbocycles. The van der Waals surface area contributed by atoms with Crippen LogP contribution in [0.2, 0.25) is 0 Å². The van der Waals surface area contributed by atoms with Gasteiger partial charge in [-0.2, -0.15) is 0 Å². The highest BCUT2D eigenvalue weighted by Crippen LogP contribution is 2.17. The van der Waals surface area contributed by atoms with E-state index in [1.54, 1.807) is 13.3 Å². The molecule has 0 saturated carbocycles. The molecule has 1 aromatic heterocycles. The van der Waals surface area contributed by atoms with Crippen molar-refractivity contribution in [3.8, 4) is 5.88 Å². The highest BCUT2D eigenvalue weighted by Gasteiger charge is 2.15. The Morgan fingerprint density at radius 3 is 2.73 bits per heavy atom. The summed E-state index contributed by atoms with van der Waals surface area (Å²) < 4.78 is 10.8. The minimum Gasteiger partial charge on any atom is -0.481 e. The average molecular weight is 209 g/mol. The molecule has 0 aliphatic rings. The maximum absolute atomic E-state index is 5.78. The predicted octanol–water partition coefficient (Wildman–Crippen LogP) is 2.80. The third-order valence-corrected chi connectivity index (χ3v) is 2.49. The lowest BCUT2D eigenvalue weighted by Gasteiger charge is -2.23. The monoisotopic (exact) mass is 209 g/mol. The molecule has 15 heavy (non-hydrogen) atoms. The van der Waals surface area contributed by atoms with Crippen molar-refractivity contribution in [1.29, 1.82) is 0 Å². The van der Waals surface area contributed by atoms with Crippen molar-refractivity contribution in [1.82, 2.24) is 4.98 Å². The standard InChI is InChI=1S/C12H19NO2/c1-5-12(2,3)15-9-10-6-7-13-11(8-10)14-4/h6-8H,5,9H2,1-4H3. The normalized spacial score (nSPS) is 11.5. The van der Waals surface area contributed by atoms with E-state index in [9.17, 15) is 0 Å². The SMILES string of the molecule is CCC(C)(C)OCc1ccnc(OC)c1. The van der Waals surface area contributed by atoms with Gasteiger partial charge >= 0.3 is 0 Å². The van der Waals surface area contributed by atoms with Gasteiger partial charge in [-0.15, -0.1) is 0 Å². The van der Waals surface area contributed by atoms with Gasteiger partial charge in [-0.05, 0) is 31.9 Å². The van der Waals surface area contributed by atoms with E-state index in [0.29, 0.717) is 12.5 Å². The number of hydrogen-bond acceptors (Lipinski definition) is 3. The number of rotatable bonds is 5. The van der Waals surface area contributed by atoms with Crippen LogP contribution in [0, 0.1) is 0 Å². The zero-order valence-corrected chi connectivity index (χ0v) is 9.91. The first-order valence-electron chi connectivity index (χ1n) is 5.20. The van der Waals surface area contributed by atoms with Crippen LogP contribution in [0.5, 0.6) is 5.88 Å². The van der Waals surface area contributed by atoms with Crippen molar-refractivity contribution < 1.29 is 9.47 Å². The van der Waals surface area contributed by atoms with Crippen LogP contribution in [0.15, 0.2) is 18.3 Å². The van der Waals surface area contributed by atoms with Crippen LogP contribution < -0.4 is 4.74 Å². The Hall–Kier alpha value is -1.09. The summed E-state index contributed by atoms with van der Waals surface area (Å²) in [5.74, 6) is 0.630. The molecule has 0 fully saturated rings. The molecule has 0 aliphatic carbocycles. The minimum absolute atomic E-state index is 0.0729. The first-order chi connectivity index (χ1) is 7.07. The molecule has 84 valence electrons. The molecule has 0 spiro atoms. The van der Waals surface area contributed by atoms with Crippen LogP contribution >= 0.6 is 0 Å². The van der Waals surface area contributed by atoms with E-state index < -0.39 is 0 Å². The van der Waals surface area contributed by atoms with Crippen LogP contribution in [-0.4, -0.2) is 17.7 Å². The van der Waals surface area contributed by atoms with Gasteiger partial charge in [0.25, 0.3) is 0 Å². The van der Waals surface area contributed by atoms with Crippen molar-refractivity contribution >= 4 is 0 Å². The maximum atomic E-state index is 5.78. The molecular formula is C12H19NO2. The number of methoxy groups -OCH3 is 1. The molecule has 0 aliphatic heterocycles. The highest BCUT2D eigenvalue weighted by atomic mass is 16.5. The molecule has 0 atom stereocenters. The maximum Gasteiger partial charge on any atom is 0.213 e. The molecule has 0 N–H and O–H groups in total. The third kappa shape index (κ3) is 3.88. The number of nitrogens with zero attached hydrogens (tertiary/aromatic N) is 1. The van der Waals surface area contributed by atoms with Gasteiger partial charge in [0.2, 0.25) is 5.88 Å². The van der Waals surface area contributed by atoms with Gasteiger partial charge in [0.1, 0.15) is 0 Å². The van der Waals surface area contributed by atoms with E-state index in [1.165, 1.54) is 0 Å². The second-order valence-electron chi connectivity index (χ2n) is 4.11. The third-order valence-electron chi connectivity index (χ3n) is 2.49. The summed E-state index contributed by atoms with van der Waals surface area (Å²) in [5.41, 5.74) is 1.01. The molecule has 1 rings (SSSR count). The molecule has 1 aromatic rings. The van der Waals surface area contributed by atoms with Crippen molar-refractivity contribution in [2.45, 2.75) is 39.4 Å². The number of ether oxygens (including phenoxy) is 2. The van der Waals surface area contributed by atoms with Crippen LogP contribution in [0.3, 0.4) is 0 Å². The molecule has 1 heterocycles. The van der Waals surface area contributed by atoms with Crippen molar-refractivity contribution in [3.63, 3.8) is 0 Å². The van der Waals surface area contributed by atoms with Crippen LogP contribution in [0.25, 0.3) is 0 Å². The molecule has 3 nitrogen and oxygen atoms in total. The Bertz CT molecular complexity index is 310. The van der Waals surface area contributed by atoms with Crippen molar-refractivity contribution in [2.75, 3.05) is 7.11 Å². The lowest BCUT2D eigenvalue weighted by Crippen LogP contribution is -2.22. The smallest absolute Gasteiger partial charge is 0.213 e. The minimum atomic E-state index is -0.0729. The van der Waals surface area contributed by atoms with E-state index in [4.69, 9.17) is 9.47 Å². The summed E-state index contributed by atoms with van der Waals surface area (Å²) in [5, 5.41) is 0. The fourth-order valence-corrected chi connectivity index (χ4v) is 1.03. The van der Waals surface area contributed by atoms with E-state index in [2.05, 4.69) is 25.8 Å². The fraction of sp³-hybridized carbons (Fsp3) is 0.583. The van der Waals surface area contributed by atoms with Crippen LogP contribution in [-0.2, 0) is 11.3 Å². The van der Waals surface area contributed by atoms with Crippen molar-refractivity contribution in [2.24, 2.45) is 0 Å². The first-order valence-corrected chi connectivity index (χ1v) is 5.20. The Morgan fingerprint density at radius 1 is 1.40 bits per heavy atom. The number of pyridine rings is 1. The van der Waals surface area contributed by atoms with E-state index >= 15 is 0 Å². The molecule has 0 saturated heterocycles. The quantitative estimate of drug-likeness (QED) is 0.747. The molecule has 0 amide bonds. The van der Waals surface area contributed by atoms with Gasteiger partial charge < -0.3 is 9.47 Å². The Kier molecular flexibility index (Phi) is 4.09. The van der Waals surface area contributed by atoms with Gasteiger partial charge in [0, 0.05) is 12.3 Å². The Morgan fingerprint density at radius 2 is 2.13 bits per heavy atom. The van der Waals surface area contributed by atoms with E-state index in [-0.39, 0.29) is 5.60 Å². The van der Waals surface area contributed by atoms with Gasteiger partial charge in [-0.1, -0.05) is 6.92 Å². The van der Waals surface area contributed by atoms with Gasteiger partial charge in [0.15, 0.2) is 0 Å². The van der Waals surface area contributed by atoms with Gasteiger partial charge in [0.05, 0.1) is 19.3 Å². The Labute approximate surface area is 91.4 Å². The van der Waals surface area contributed by atoms with E-state index in [1.807, 2.05) is 12.1 Å². The number of hydrogen-bond donors (Lipinski definition) is 0. The molecule has 0 unspecified atom stereocenters. The van der Waals surface area contributed by atoms with Gasteiger partial charge in [-0.25, -0.2) is 4.98 Å². The predicted molar refractivity (Wildman–Crippen MR) is 59.9 cm³/mol. The summed E-state index contributed by atoms with van der Waals surface area (Å²) in [6, 6.07) is 3.83. The zero-order valence-electron chi connectivity index (χ0n) is 9.91. The summed E-state index contributed by atoms with van der Waals surface area (Å²) in [4.78, 5) is 4.04. The largest absolute Gasteiger partial charge is 0.481 e. The molecule has 0 bridgehead atoms. The lowest BCUT2D eigenvalue weighted by atomic mass is 10.1. The van der Waals surface area contributed by atoms with E-state index in [0.717, 1.165) is 12.0 Å². The summed E-state index contributed by atoms with van der Waals surface area (Å²) in [7, 11) is 1.61. The average Bonchev–Trinajstić information content (AvgIpc) is 2.27. The molecular weight excluding hydrogens is 190 g/mol. The first kappa shape index (κ1) is 12.0. The summed E-state index contributed by atoms with van der Waals surface area (Å²) >= 11 is 0.